The van der Waals surface area contributed by atoms with Gasteiger partial charge in [-0.05, 0) is 43.0 Å². The van der Waals surface area contributed by atoms with E-state index in [-0.39, 0.29) is 11.8 Å². The molecule has 110 valence electrons. The second-order valence-corrected chi connectivity index (χ2v) is 5.31. The van der Waals surface area contributed by atoms with Crippen molar-refractivity contribution in [3.63, 3.8) is 0 Å². The van der Waals surface area contributed by atoms with Crippen molar-refractivity contribution >= 4 is 17.5 Å². The Morgan fingerprint density at radius 1 is 1.15 bits per heavy atom. The first-order valence-corrected chi connectivity index (χ1v) is 7.21. The molecule has 2 amide bonds. The normalized spacial score (nSPS) is 10.4. The number of rotatable bonds is 7. The zero-order valence-corrected chi connectivity index (χ0v) is 12.5. The van der Waals surface area contributed by atoms with Crippen LogP contribution in [0.15, 0.2) is 24.3 Å². The molecule has 0 aromatic heterocycles. The summed E-state index contributed by atoms with van der Waals surface area (Å²) in [6.07, 6.45) is 2.30. The maximum absolute atomic E-state index is 11.9. The van der Waals surface area contributed by atoms with Crippen molar-refractivity contribution in [3.8, 4) is 0 Å². The Kier molecular flexibility index (Phi) is 6.77. The molecule has 1 rings (SSSR count). The number of benzene rings is 1. The van der Waals surface area contributed by atoms with E-state index >= 15 is 0 Å². The lowest BCUT2D eigenvalue weighted by Gasteiger charge is -2.08. The summed E-state index contributed by atoms with van der Waals surface area (Å²) in [5, 5.41) is 5.68. The molecule has 0 aliphatic rings. The van der Waals surface area contributed by atoms with Gasteiger partial charge in [0.25, 0.3) is 5.91 Å². The topological polar surface area (TPSA) is 58.2 Å². The van der Waals surface area contributed by atoms with Crippen molar-refractivity contribution in [2.75, 3.05) is 11.9 Å². The van der Waals surface area contributed by atoms with E-state index in [1.54, 1.807) is 24.3 Å². The molecule has 0 aliphatic heterocycles. The monoisotopic (exact) mass is 276 g/mol. The fraction of sp³-hybridized carbons (Fsp3) is 0.500. The molecule has 0 saturated carbocycles. The lowest BCUT2D eigenvalue weighted by Crippen LogP contribution is -2.25. The quantitative estimate of drug-likeness (QED) is 0.803. The summed E-state index contributed by atoms with van der Waals surface area (Å²) in [7, 11) is 0. The number of nitrogens with one attached hydrogen (secondary N) is 2. The minimum atomic E-state index is -0.0721. The number of carbonyl (C=O) groups is 2. The first kappa shape index (κ1) is 16.2. The van der Waals surface area contributed by atoms with E-state index in [0.717, 1.165) is 18.5 Å². The van der Waals surface area contributed by atoms with Crippen LogP contribution in [-0.4, -0.2) is 18.4 Å². The molecule has 0 radical (unpaired) electrons. The molecule has 0 bridgehead atoms. The maximum Gasteiger partial charge on any atom is 0.251 e. The van der Waals surface area contributed by atoms with E-state index in [1.807, 2.05) is 6.92 Å². The third kappa shape index (κ3) is 5.87. The van der Waals surface area contributed by atoms with Gasteiger partial charge < -0.3 is 10.6 Å². The van der Waals surface area contributed by atoms with Gasteiger partial charge in [-0.15, -0.1) is 0 Å². The number of hydrogen-bond donors (Lipinski definition) is 2. The Balaban J connectivity index is 2.49. The molecule has 4 heteroatoms. The second-order valence-electron chi connectivity index (χ2n) is 5.31. The predicted molar refractivity (Wildman–Crippen MR) is 81.8 cm³/mol. The van der Waals surface area contributed by atoms with E-state index in [2.05, 4.69) is 24.5 Å². The van der Waals surface area contributed by atoms with Crippen molar-refractivity contribution in [1.29, 1.82) is 0 Å². The van der Waals surface area contributed by atoms with E-state index in [4.69, 9.17) is 0 Å². The zero-order valence-electron chi connectivity index (χ0n) is 12.5. The van der Waals surface area contributed by atoms with Gasteiger partial charge in [0.15, 0.2) is 0 Å². The van der Waals surface area contributed by atoms with Crippen molar-refractivity contribution in [2.45, 2.75) is 40.0 Å². The molecule has 0 heterocycles. The molecule has 20 heavy (non-hydrogen) atoms. The Morgan fingerprint density at radius 2 is 1.80 bits per heavy atom. The molecule has 0 aliphatic carbocycles. The van der Waals surface area contributed by atoms with Crippen molar-refractivity contribution in [2.24, 2.45) is 5.92 Å². The molecular formula is C16H24N2O2. The van der Waals surface area contributed by atoms with Crippen LogP contribution in [0.4, 0.5) is 5.69 Å². The van der Waals surface area contributed by atoms with Crippen LogP contribution >= 0.6 is 0 Å². The largest absolute Gasteiger partial charge is 0.352 e. The van der Waals surface area contributed by atoms with Gasteiger partial charge in [-0.3, -0.25) is 9.59 Å². The smallest absolute Gasteiger partial charge is 0.251 e. The SMILES string of the molecule is CCCC(=O)Nc1ccc(C(=O)NCCC(C)C)cc1. The van der Waals surface area contributed by atoms with Gasteiger partial charge in [0.2, 0.25) is 5.91 Å². The highest BCUT2D eigenvalue weighted by atomic mass is 16.2. The fourth-order valence-electron chi connectivity index (χ4n) is 1.73. The highest BCUT2D eigenvalue weighted by molar-refractivity contribution is 5.95. The van der Waals surface area contributed by atoms with E-state index in [9.17, 15) is 9.59 Å². The van der Waals surface area contributed by atoms with Gasteiger partial charge in [-0.1, -0.05) is 20.8 Å². The summed E-state index contributed by atoms with van der Waals surface area (Å²) in [6.45, 7) is 6.90. The molecule has 1 aromatic carbocycles. The average molecular weight is 276 g/mol. The fourth-order valence-corrected chi connectivity index (χ4v) is 1.73. The lowest BCUT2D eigenvalue weighted by molar-refractivity contribution is -0.116. The van der Waals surface area contributed by atoms with Gasteiger partial charge >= 0.3 is 0 Å². The Hall–Kier alpha value is -1.84. The van der Waals surface area contributed by atoms with Crippen LogP contribution in [0.5, 0.6) is 0 Å². The standard InChI is InChI=1S/C16H24N2O2/c1-4-5-15(19)18-14-8-6-13(7-9-14)16(20)17-11-10-12(2)3/h6-9,12H,4-5,10-11H2,1-3H3,(H,17,20)(H,18,19). The Labute approximate surface area is 121 Å². The number of carbonyl (C=O) groups excluding carboxylic acids is 2. The van der Waals surface area contributed by atoms with E-state index in [1.165, 1.54) is 0 Å². The van der Waals surface area contributed by atoms with E-state index in [0.29, 0.717) is 24.4 Å². The van der Waals surface area contributed by atoms with Gasteiger partial charge in [-0.2, -0.15) is 0 Å². The van der Waals surface area contributed by atoms with Crippen LogP contribution in [0.25, 0.3) is 0 Å². The average Bonchev–Trinajstić information content (AvgIpc) is 2.39. The maximum atomic E-state index is 11.9. The van der Waals surface area contributed by atoms with Crippen LogP contribution in [0.1, 0.15) is 50.4 Å². The molecule has 1 aromatic rings. The van der Waals surface area contributed by atoms with Gasteiger partial charge in [0.1, 0.15) is 0 Å². The summed E-state index contributed by atoms with van der Waals surface area (Å²) in [6, 6.07) is 6.97. The Morgan fingerprint density at radius 3 is 2.35 bits per heavy atom. The highest BCUT2D eigenvalue weighted by Gasteiger charge is 2.06. The van der Waals surface area contributed by atoms with Crippen LogP contribution in [0.2, 0.25) is 0 Å². The number of anilines is 1. The van der Waals surface area contributed by atoms with Crippen LogP contribution in [-0.2, 0) is 4.79 Å². The summed E-state index contributed by atoms with van der Waals surface area (Å²) in [5.74, 6) is 0.505. The lowest BCUT2D eigenvalue weighted by atomic mass is 10.1. The van der Waals surface area contributed by atoms with Crippen molar-refractivity contribution in [3.05, 3.63) is 29.8 Å². The third-order valence-electron chi connectivity index (χ3n) is 2.92. The first-order valence-electron chi connectivity index (χ1n) is 7.21. The molecule has 2 N–H and O–H groups in total. The second kappa shape index (κ2) is 8.35. The summed E-state index contributed by atoms with van der Waals surface area (Å²) in [5.41, 5.74) is 1.34. The summed E-state index contributed by atoms with van der Waals surface area (Å²) in [4.78, 5) is 23.3. The predicted octanol–water partition coefficient (Wildman–Crippen LogP) is 3.20. The van der Waals surface area contributed by atoms with Gasteiger partial charge in [-0.25, -0.2) is 0 Å². The molecule has 0 saturated heterocycles. The van der Waals surface area contributed by atoms with Crippen LogP contribution in [0, 0.1) is 5.92 Å². The minimum absolute atomic E-state index is 0.00151. The van der Waals surface area contributed by atoms with Crippen LogP contribution < -0.4 is 10.6 Å². The zero-order chi connectivity index (χ0) is 15.0. The molecule has 0 atom stereocenters. The van der Waals surface area contributed by atoms with Gasteiger partial charge in [0, 0.05) is 24.2 Å². The van der Waals surface area contributed by atoms with Gasteiger partial charge in [0.05, 0.1) is 0 Å². The first-order chi connectivity index (χ1) is 9.52. The number of hydrogen-bond acceptors (Lipinski definition) is 2. The highest BCUT2D eigenvalue weighted by Crippen LogP contribution is 2.10. The molecule has 4 nitrogen and oxygen atoms in total. The number of amides is 2. The molecule has 0 fully saturated rings. The third-order valence-corrected chi connectivity index (χ3v) is 2.92. The Bertz CT molecular complexity index is 438. The minimum Gasteiger partial charge on any atom is -0.352 e. The van der Waals surface area contributed by atoms with E-state index < -0.39 is 0 Å². The summed E-state index contributed by atoms with van der Waals surface area (Å²) >= 11 is 0. The van der Waals surface area contributed by atoms with Crippen molar-refractivity contribution < 1.29 is 9.59 Å². The van der Waals surface area contributed by atoms with Crippen LogP contribution in [0.3, 0.4) is 0 Å². The molecule has 0 spiro atoms. The molecule has 0 unspecified atom stereocenters. The van der Waals surface area contributed by atoms with Crippen molar-refractivity contribution in [1.82, 2.24) is 5.32 Å². The summed E-state index contributed by atoms with van der Waals surface area (Å²) < 4.78 is 0. The molecular weight excluding hydrogens is 252 g/mol.